The van der Waals surface area contributed by atoms with E-state index in [1.165, 1.54) is 20.8 Å². The molecule has 0 fully saturated rings. The van der Waals surface area contributed by atoms with Gasteiger partial charge in [0.05, 0.1) is 19.0 Å². The van der Waals surface area contributed by atoms with Gasteiger partial charge in [0.2, 0.25) is 53.2 Å². The summed E-state index contributed by atoms with van der Waals surface area (Å²) in [6, 6.07) is -3.60. The van der Waals surface area contributed by atoms with E-state index in [2.05, 4.69) is 47.9 Å². The molecule has 0 aliphatic rings. The molecule has 1 aromatic rings. The van der Waals surface area contributed by atoms with Gasteiger partial charge in [0.1, 0.15) is 48.3 Å². The molecule has 432 valence electrons. The second-order valence-electron chi connectivity index (χ2n) is 20.2. The highest BCUT2D eigenvalue weighted by atomic mass is 16.4. The average molecular weight is 1090 g/mol. The van der Waals surface area contributed by atoms with Crippen LogP contribution >= 0.6 is 0 Å². The molecule has 77 heavy (non-hydrogen) atoms. The number of carbonyl (C=O) groups excluding carboxylic acids is 9. The minimum Gasteiger partial charge on any atom is -0.481 e. The highest BCUT2D eigenvalue weighted by Crippen LogP contribution is 2.13. The zero-order valence-corrected chi connectivity index (χ0v) is 45.6. The van der Waals surface area contributed by atoms with Crippen molar-refractivity contribution in [1.29, 1.82) is 0 Å². The van der Waals surface area contributed by atoms with Crippen molar-refractivity contribution in [2.75, 3.05) is 13.1 Å². The molecule has 0 aromatic heterocycles. The van der Waals surface area contributed by atoms with Gasteiger partial charge in [-0.3, -0.25) is 52.7 Å². The number of rotatable bonds is 36. The Morgan fingerprint density at radius 2 is 1.04 bits per heavy atom. The number of nitrogens with one attached hydrogen (secondary N) is 9. The second-order valence-corrected chi connectivity index (χ2v) is 20.2. The van der Waals surface area contributed by atoms with E-state index >= 15 is 0 Å². The Hall–Kier alpha value is -7.22. The largest absolute Gasteiger partial charge is 0.481 e. The molecule has 9 amide bonds. The van der Waals surface area contributed by atoms with Gasteiger partial charge in [0.25, 0.3) is 0 Å². The van der Waals surface area contributed by atoms with Crippen LogP contribution in [-0.4, -0.2) is 154 Å². The third kappa shape index (κ3) is 25.5. The van der Waals surface area contributed by atoms with Crippen molar-refractivity contribution >= 4 is 71.1 Å². The summed E-state index contributed by atoms with van der Waals surface area (Å²) in [5, 5.41) is 50.9. The van der Waals surface area contributed by atoms with Crippen LogP contribution in [0.4, 0.5) is 0 Å². The molecule has 0 radical (unpaired) electrons. The third-order valence-electron chi connectivity index (χ3n) is 12.3. The van der Waals surface area contributed by atoms with Crippen molar-refractivity contribution < 1.29 is 72.9 Å². The van der Waals surface area contributed by atoms with Gasteiger partial charge < -0.3 is 74.6 Å². The fourth-order valence-electron chi connectivity index (χ4n) is 7.61. The first-order valence-electron chi connectivity index (χ1n) is 25.9. The number of carboxylic acid groups (broad SMARTS) is 3. The first-order chi connectivity index (χ1) is 36.0. The number of hydrogen-bond donors (Lipinski definition) is 14. The lowest BCUT2D eigenvalue weighted by atomic mass is 9.98. The quantitative estimate of drug-likeness (QED) is 0.0341. The van der Waals surface area contributed by atoms with E-state index in [1.54, 1.807) is 58.0 Å². The molecule has 26 nitrogen and oxygen atoms in total. The van der Waals surface area contributed by atoms with Crippen molar-refractivity contribution in [2.45, 2.75) is 174 Å². The van der Waals surface area contributed by atoms with E-state index in [0.29, 0.717) is 24.8 Å². The summed E-state index contributed by atoms with van der Waals surface area (Å²) in [7, 11) is 0. The van der Waals surface area contributed by atoms with Crippen LogP contribution in [0, 0.1) is 23.7 Å². The fourth-order valence-corrected chi connectivity index (χ4v) is 7.61. The minimum absolute atomic E-state index is 0.0427. The van der Waals surface area contributed by atoms with Crippen LogP contribution in [0.2, 0.25) is 0 Å². The van der Waals surface area contributed by atoms with Gasteiger partial charge in [0, 0.05) is 12.8 Å². The summed E-state index contributed by atoms with van der Waals surface area (Å²) in [4.78, 5) is 157. The Morgan fingerprint density at radius 1 is 0.532 bits per heavy atom. The molecule has 0 aliphatic carbocycles. The Morgan fingerprint density at radius 3 is 1.56 bits per heavy atom. The Labute approximate surface area is 449 Å². The molecular weight excluding hydrogens is 1010 g/mol. The average Bonchev–Trinajstić information content (AvgIpc) is 3.34. The molecule has 0 saturated heterocycles. The van der Waals surface area contributed by atoms with E-state index in [1.807, 2.05) is 13.8 Å². The molecule has 0 unspecified atom stereocenters. The molecule has 16 N–H and O–H groups in total. The molecule has 10 atom stereocenters. The van der Waals surface area contributed by atoms with E-state index < -0.39 is 169 Å². The highest BCUT2D eigenvalue weighted by Gasteiger charge is 2.36. The standard InChI is InChI=1S/C51H83N11O15/c1-10-29(8)42(51(76)77)62-47(72)35(23-31-16-12-11-13-17-31)59-43(68)30(9)55-49(74)40(27(4)5)61-48(73)36(24-39(66)67)56-37(63)25-54-45(70)33(18-14-15-21-52)57-46(71)34(19-20-38(64)65)58-50(75)41(28(6)7)60-44(69)32(53)22-26(2)3/h11-13,16-17,26-30,32-36,40-42H,10,14-15,18-25,52-53H2,1-9H3,(H,54,70)(H,55,74)(H,56,63)(H,57,71)(H,58,75)(H,59,68)(H,60,69)(H,61,73)(H,62,72)(H,64,65)(H,66,67)(H,76,77)/t29-,30-,32-,33-,34-,35-,36-,40-,41-,42-/m0/s1. The van der Waals surface area contributed by atoms with Crippen molar-refractivity contribution in [3.8, 4) is 0 Å². The lowest BCUT2D eigenvalue weighted by Gasteiger charge is -2.28. The number of amides is 9. The number of unbranched alkanes of at least 4 members (excludes halogenated alkanes) is 1. The second kappa shape index (κ2) is 34.4. The monoisotopic (exact) mass is 1090 g/mol. The topological polar surface area (TPSA) is 426 Å². The van der Waals surface area contributed by atoms with Crippen LogP contribution < -0.4 is 59.3 Å². The van der Waals surface area contributed by atoms with Crippen molar-refractivity contribution in [2.24, 2.45) is 35.1 Å². The lowest BCUT2D eigenvalue weighted by molar-refractivity contribution is -0.144. The summed E-state index contributed by atoms with van der Waals surface area (Å²) in [5.41, 5.74) is 12.3. The Kier molecular flexibility index (Phi) is 30.3. The van der Waals surface area contributed by atoms with Gasteiger partial charge in [-0.2, -0.15) is 0 Å². The van der Waals surface area contributed by atoms with Crippen LogP contribution in [0.5, 0.6) is 0 Å². The van der Waals surface area contributed by atoms with Gasteiger partial charge in [0.15, 0.2) is 0 Å². The highest BCUT2D eigenvalue weighted by molar-refractivity contribution is 5.98. The number of hydrogen-bond acceptors (Lipinski definition) is 14. The number of carbonyl (C=O) groups is 12. The normalized spacial score (nSPS) is 15.1. The summed E-state index contributed by atoms with van der Waals surface area (Å²) in [6.07, 6.45) is -0.671. The van der Waals surface area contributed by atoms with Crippen LogP contribution in [-0.2, 0) is 64.0 Å². The summed E-state index contributed by atoms with van der Waals surface area (Å²) >= 11 is 0. The summed E-state index contributed by atoms with van der Waals surface area (Å²) in [6.45, 7) is 14.1. The van der Waals surface area contributed by atoms with Crippen LogP contribution in [0.1, 0.15) is 119 Å². The van der Waals surface area contributed by atoms with E-state index in [-0.39, 0.29) is 31.7 Å². The molecule has 0 heterocycles. The molecular formula is C51H83N11O15. The number of carboxylic acids is 3. The molecule has 0 aliphatic heterocycles. The van der Waals surface area contributed by atoms with Crippen LogP contribution in [0.25, 0.3) is 0 Å². The molecule has 0 saturated carbocycles. The summed E-state index contributed by atoms with van der Waals surface area (Å²) in [5.74, 6) is -13.8. The SMILES string of the molecule is CC[C@H](C)[C@H](NC(=O)[C@H](Cc1ccccc1)NC(=O)[C@H](C)NC(=O)[C@@H](NC(=O)[C@H](CC(=O)O)NC(=O)CNC(=O)[C@H](CCCCN)NC(=O)[C@H](CCC(=O)O)NC(=O)[C@@H](NC(=O)[C@@H](N)CC(C)C)C(C)C)C(C)C)C(=O)O. The van der Waals surface area contributed by atoms with Crippen molar-refractivity contribution in [1.82, 2.24) is 47.9 Å². The maximum absolute atomic E-state index is 13.7. The molecule has 1 rings (SSSR count). The van der Waals surface area contributed by atoms with E-state index in [9.17, 15) is 72.9 Å². The maximum Gasteiger partial charge on any atom is 0.326 e. The molecule has 26 heteroatoms. The Bertz CT molecular complexity index is 2180. The third-order valence-corrected chi connectivity index (χ3v) is 12.3. The lowest BCUT2D eigenvalue weighted by Crippen LogP contribution is -2.60. The maximum atomic E-state index is 13.7. The first kappa shape index (κ1) is 67.8. The van der Waals surface area contributed by atoms with Crippen LogP contribution in [0.3, 0.4) is 0 Å². The smallest absolute Gasteiger partial charge is 0.326 e. The number of nitrogens with two attached hydrogens (primary N) is 2. The zero-order valence-electron chi connectivity index (χ0n) is 45.6. The van der Waals surface area contributed by atoms with Gasteiger partial charge in [-0.25, -0.2) is 4.79 Å². The molecule has 1 aromatic carbocycles. The zero-order chi connectivity index (χ0) is 58.7. The van der Waals surface area contributed by atoms with Gasteiger partial charge in [-0.05, 0) is 74.8 Å². The molecule has 0 bridgehead atoms. The van der Waals surface area contributed by atoms with Crippen molar-refractivity contribution in [3.63, 3.8) is 0 Å². The Balaban J connectivity index is 3.22. The number of aliphatic carboxylic acids is 3. The summed E-state index contributed by atoms with van der Waals surface area (Å²) < 4.78 is 0. The predicted octanol–water partition coefficient (Wildman–Crippen LogP) is -1.47. The van der Waals surface area contributed by atoms with Gasteiger partial charge >= 0.3 is 17.9 Å². The van der Waals surface area contributed by atoms with Crippen LogP contribution in [0.15, 0.2) is 30.3 Å². The minimum atomic E-state index is -1.82. The molecule has 0 spiro atoms. The van der Waals surface area contributed by atoms with Gasteiger partial charge in [-0.15, -0.1) is 0 Å². The fraction of sp³-hybridized carbons (Fsp3) is 0.647. The van der Waals surface area contributed by atoms with Gasteiger partial charge in [-0.1, -0.05) is 92.1 Å². The first-order valence-corrected chi connectivity index (χ1v) is 25.9. The predicted molar refractivity (Wildman–Crippen MR) is 281 cm³/mol. The van der Waals surface area contributed by atoms with E-state index in [0.717, 1.165) is 0 Å². The van der Waals surface area contributed by atoms with Crippen molar-refractivity contribution in [3.05, 3.63) is 35.9 Å². The van der Waals surface area contributed by atoms with E-state index in [4.69, 9.17) is 11.5 Å². The number of benzene rings is 1.